The maximum absolute atomic E-state index is 13.1. The number of alkyl halides is 2. The van der Waals surface area contributed by atoms with Crippen LogP contribution in [0.5, 0.6) is 0 Å². The first-order chi connectivity index (χ1) is 18.6. The molecule has 1 aliphatic rings. The Morgan fingerprint density at radius 1 is 1.03 bits per heavy atom. The molecule has 1 aromatic carbocycles. The van der Waals surface area contributed by atoms with E-state index in [0.717, 1.165) is 29.7 Å². The molecule has 5 heterocycles. The van der Waals surface area contributed by atoms with Crippen molar-refractivity contribution in [2.24, 2.45) is 0 Å². The average Bonchev–Trinajstić information content (AvgIpc) is 3.73. The fourth-order valence-corrected chi connectivity index (χ4v) is 5.05. The Balaban J connectivity index is 1.38. The largest absolute Gasteiger partial charge is 0.383 e. The third kappa shape index (κ3) is 3.52. The summed E-state index contributed by atoms with van der Waals surface area (Å²) in [7, 11) is 0. The van der Waals surface area contributed by atoms with Crippen molar-refractivity contribution in [2.45, 2.75) is 25.3 Å². The zero-order valence-corrected chi connectivity index (χ0v) is 19.9. The molecule has 0 amide bonds. The van der Waals surface area contributed by atoms with E-state index in [1.807, 2.05) is 53.2 Å². The molecule has 38 heavy (non-hydrogen) atoms. The van der Waals surface area contributed by atoms with Crippen molar-refractivity contribution in [3.63, 3.8) is 0 Å². The van der Waals surface area contributed by atoms with Gasteiger partial charge in [-0.05, 0) is 66.4 Å². The van der Waals surface area contributed by atoms with Gasteiger partial charge in [0.2, 0.25) is 0 Å². The van der Waals surface area contributed by atoms with Crippen molar-refractivity contribution in [3.8, 4) is 22.9 Å². The Morgan fingerprint density at radius 2 is 1.95 bits per heavy atom. The fraction of sp³-hybridized carbons (Fsp3) is 0.154. The van der Waals surface area contributed by atoms with Crippen molar-refractivity contribution in [2.75, 3.05) is 5.73 Å². The fourth-order valence-electron chi connectivity index (χ4n) is 5.05. The van der Waals surface area contributed by atoms with Gasteiger partial charge >= 0.3 is 0 Å². The number of hydrogen-bond donors (Lipinski definition) is 1. The molecule has 0 aliphatic heterocycles. The quantitative estimate of drug-likeness (QED) is 0.367. The van der Waals surface area contributed by atoms with Crippen molar-refractivity contribution in [1.82, 2.24) is 44.3 Å². The Kier molecular flexibility index (Phi) is 4.99. The number of rotatable bonds is 5. The number of imidazole rings is 1. The molecule has 1 aliphatic carbocycles. The molecule has 0 spiro atoms. The van der Waals surface area contributed by atoms with Gasteiger partial charge in [-0.15, -0.1) is 5.10 Å². The van der Waals surface area contributed by atoms with Gasteiger partial charge in [0.25, 0.3) is 6.43 Å². The van der Waals surface area contributed by atoms with Crippen LogP contribution >= 0.6 is 0 Å². The van der Waals surface area contributed by atoms with Crippen LogP contribution in [0.4, 0.5) is 14.6 Å². The van der Waals surface area contributed by atoms with Crippen LogP contribution < -0.4 is 5.73 Å². The number of anilines is 1. The Morgan fingerprint density at radius 3 is 2.74 bits per heavy atom. The number of fused-ring (bicyclic) bond motifs is 2. The van der Waals surface area contributed by atoms with Crippen molar-refractivity contribution in [1.29, 1.82) is 0 Å². The normalized spacial score (nSPS) is 15.0. The van der Waals surface area contributed by atoms with Gasteiger partial charge in [-0.25, -0.2) is 33.1 Å². The first-order valence-electron chi connectivity index (χ1n) is 12.0. The van der Waals surface area contributed by atoms with Gasteiger partial charge in [0.15, 0.2) is 17.3 Å². The second-order valence-electron chi connectivity index (χ2n) is 9.03. The van der Waals surface area contributed by atoms with Gasteiger partial charge in [0.05, 0.1) is 17.8 Å². The van der Waals surface area contributed by atoms with Crippen LogP contribution in [0.2, 0.25) is 0 Å². The Labute approximate surface area is 214 Å². The third-order valence-electron chi connectivity index (χ3n) is 6.81. The molecule has 5 aromatic heterocycles. The van der Waals surface area contributed by atoms with Gasteiger partial charge in [-0.1, -0.05) is 11.3 Å². The van der Waals surface area contributed by atoms with Crippen LogP contribution in [0.25, 0.3) is 34.1 Å². The summed E-state index contributed by atoms with van der Waals surface area (Å²) < 4.78 is 31.3. The monoisotopic (exact) mass is 510 g/mol. The van der Waals surface area contributed by atoms with Gasteiger partial charge in [-0.3, -0.25) is 4.57 Å². The topological polar surface area (TPSA) is 118 Å². The van der Waals surface area contributed by atoms with E-state index in [1.54, 1.807) is 17.1 Å². The predicted octanol–water partition coefficient (Wildman–Crippen LogP) is 4.32. The number of aryl methyl sites for hydroxylation is 1. The summed E-state index contributed by atoms with van der Waals surface area (Å²) in [5.41, 5.74) is 10.9. The van der Waals surface area contributed by atoms with Crippen LogP contribution in [0.15, 0.2) is 73.3 Å². The van der Waals surface area contributed by atoms with Gasteiger partial charge in [0.1, 0.15) is 17.0 Å². The predicted molar refractivity (Wildman–Crippen MR) is 135 cm³/mol. The minimum absolute atomic E-state index is 0.156. The smallest absolute Gasteiger partial charge is 0.283 e. The molecule has 0 saturated heterocycles. The van der Waals surface area contributed by atoms with E-state index in [0.29, 0.717) is 34.2 Å². The van der Waals surface area contributed by atoms with Crippen LogP contribution in [-0.2, 0) is 6.42 Å². The molecule has 7 rings (SSSR count). The minimum Gasteiger partial charge on any atom is -0.383 e. The first-order valence-corrected chi connectivity index (χ1v) is 12.0. The number of aromatic nitrogens is 9. The van der Waals surface area contributed by atoms with E-state index >= 15 is 0 Å². The number of benzene rings is 1. The first kappa shape index (κ1) is 22.2. The second kappa shape index (κ2) is 8.54. The summed E-state index contributed by atoms with van der Waals surface area (Å²) in [6, 6.07) is 15.2. The van der Waals surface area contributed by atoms with E-state index in [9.17, 15) is 8.78 Å². The maximum atomic E-state index is 13.1. The summed E-state index contributed by atoms with van der Waals surface area (Å²) in [5.74, 6) is 1.62. The number of nitrogen functional groups attached to an aromatic ring is 1. The number of nitrogens with zero attached hydrogens (tertiary/aromatic N) is 9. The van der Waals surface area contributed by atoms with Gasteiger partial charge < -0.3 is 5.73 Å². The standard InChI is InChI=1S/C26H20F2N10/c27-23(28)20-14-37(35-34-20)21-8-4-15-13-16(5-6-17(15)21)38-25(18-3-1-10-30-24(18)29)32-19-7-9-22(33-26(19)38)36-12-2-11-31-36/h1-3,5-7,9-14,21,23H,4,8H2,(H2,29,30)/t21-/m0/s1. The molecule has 188 valence electrons. The molecule has 12 heteroatoms. The molecular formula is C26H20F2N10. The van der Waals surface area contributed by atoms with E-state index in [-0.39, 0.29) is 11.7 Å². The summed E-state index contributed by atoms with van der Waals surface area (Å²) in [6.07, 6.45) is 5.33. The van der Waals surface area contributed by atoms with Crippen LogP contribution in [0.3, 0.4) is 0 Å². The zero-order valence-electron chi connectivity index (χ0n) is 19.9. The van der Waals surface area contributed by atoms with E-state index in [1.165, 1.54) is 10.9 Å². The molecule has 6 aromatic rings. The summed E-state index contributed by atoms with van der Waals surface area (Å²) in [6.45, 7) is 0. The molecule has 0 unspecified atom stereocenters. The maximum Gasteiger partial charge on any atom is 0.283 e. The summed E-state index contributed by atoms with van der Waals surface area (Å²) in [4.78, 5) is 14.0. The lowest BCUT2D eigenvalue weighted by atomic mass is 10.1. The van der Waals surface area contributed by atoms with E-state index < -0.39 is 6.43 Å². The minimum atomic E-state index is -2.65. The third-order valence-corrected chi connectivity index (χ3v) is 6.81. The van der Waals surface area contributed by atoms with Gasteiger partial charge in [0, 0.05) is 24.3 Å². The van der Waals surface area contributed by atoms with Crippen LogP contribution in [-0.4, -0.2) is 44.3 Å². The Hall–Kier alpha value is -5.00. The second-order valence-corrected chi connectivity index (χ2v) is 9.03. The lowest BCUT2D eigenvalue weighted by Gasteiger charge is -2.14. The molecule has 2 N–H and O–H groups in total. The lowest BCUT2D eigenvalue weighted by molar-refractivity contribution is 0.146. The molecule has 10 nitrogen and oxygen atoms in total. The number of pyridine rings is 2. The van der Waals surface area contributed by atoms with E-state index in [4.69, 9.17) is 15.7 Å². The molecule has 0 radical (unpaired) electrons. The molecule has 0 saturated carbocycles. The highest BCUT2D eigenvalue weighted by Gasteiger charge is 2.27. The SMILES string of the molecule is Nc1ncccc1-c1nc2ccc(-n3cccn3)nc2n1-c1ccc2c(c1)CC[C@@H]2n1cc(C(F)F)nn1. The number of nitrogens with two attached hydrogens (primary N) is 1. The zero-order chi connectivity index (χ0) is 25.8. The highest BCUT2D eigenvalue weighted by molar-refractivity contribution is 5.83. The molecule has 1 atom stereocenters. The highest BCUT2D eigenvalue weighted by atomic mass is 19.3. The van der Waals surface area contributed by atoms with Crippen LogP contribution in [0.1, 0.15) is 35.7 Å². The summed E-state index contributed by atoms with van der Waals surface area (Å²) >= 11 is 0. The molecule has 0 fully saturated rings. The number of hydrogen-bond acceptors (Lipinski definition) is 7. The average molecular weight is 511 g/mol. The number of halogens is 2. The van der Waals surface area contributed by atoms with Gasteiger partial charge in [-0.2, -0.15) is 5.10 Å². The lowest BCUT2D eigenvalue weighted by Crippen LogP contribution is -2.08. The molecular weight excluding hydrogens is 490 g/mol. The van der Waals surface area contributed by atoms with Crippen molar-refractivity contribution < 1.29 is 8.78 Å². The summed E-state index contributed by atoms with van der Waals surface area (Å²) in [5, 5.41) is 11.9. The van der Waals surface area contributed by atoms with Crippen molar-refractivity contribution >= 4 is 17.0 Å². The van der Waals surface area contributed by atoms with E-state index in [2.05, 4.69) is 26.5 Å². The Bertz CT molecular complexity index is 1790. The van der Waals surface area contributed by atoms with Crippen molar-refractivity contribution in [3.05, 3.63) is 90.1 Å². The molecule has 0 bridgehead atoms. The van der Waals surface area contributed by atoms with Crippen LogP contribution in [0, 0.1) is 0 Å². The highest BCUT2D eigenvalue weighted by Crippen LogP contribution is 2.37.